The van der Waals surface area contributed by atoms with Gasteiger partial charge < -0.3 is 4.29 Å². The minimum Gasteiger partial charge on any atom is -0.343 e. The highest BCUT2D eigenvalue weighted by molar-refractivity contribution is 6.15. The molecule has 0 aromatic heterocycles. The highest BCUT2D eigenvalue weighted by atomic mass is 35.5. The number of hydrogen-bond acceptors (Lipinski definition) is 2. The summed E-state index contributed by atoms with van der Waals surface area (Å²) in [6.45, 7) is 2.04. The molecule has 0 heterocycles. The third-order valence-electron chi connectivity index (χ3n) is 2.58. The number of halogens is 1. The Morgan fingerprint density at radius 1 is 0.941 bits per heavy atom. The Morgan fingerprint density at radius 2 is 1.41 bits per heavy atom. The van der Waals surface area contributed by atoms with E-state index < -0.39 is 5.97 Å². The van der Waals surface area contributed by atoms with Gasteiger partial charge in [0.2, 0.25) is 0 Å². The van der Waals surface area contributed by atoms with Crippen LogP contribution in [0.5, 0.6) is 0 Å². The van der Waals surface area contributed by atoms with Crippen LogP contribution in [-0.4, -0.2) is 5.97 Å². The van der Waals surface area contributed by atoms with Crippen LogP contribution in [-0.2, 0) is 4.29 Å². The molecule has 86 valence electrons. The van der Waals surface area contributed by atoms with Gasteiger partial charge in [-0.3, -0.25) is 0 Å². The van der Waals surface area contributed by atoms with Crippen molar-refractivity contribution < 1.29 is 9.08 Å². The first-order chi connectivity index (χ1) is 8.20. The molecule has 17 heavy (non-hydrogen) atoms. The quantitative estimate of drug-likeness (QED) is 0.801. The Kier molecular flexibility index (Phi) is 3.45. The zero-order valence-electron chi connectivity index (χ0n) is 9.31. The lowest BCUT2D eigenvalue weighted by Crippen LogP contribution is -1.97. The topological polar surface area (TPSA) is 26.3 Å². The lowest BCUT2D eigenvalue weighted by atomic mass is 10.0. The van der Waals surface area contributed by atoms with Gasteiger partial charge in [-0.15, -0.1) is 0 Å². The fraction of sp³-hybridized carbons (Fsp3) is 0.0714. The average molecular weight is 247 g/mol. The molecule has 2 aromatic rings. The van der Waals surface area contributed by atoms with E-state index in [1.165, 1.54) is 5.56 Å². The Balaban J connectivity index is 2.29. The van der Waals surface area contributed by atoms with Crippen molar-refractivity contribution in [2.75, 3.05) is 0 Å². The van der Waals surface area contributed by atoms with Crippen LogP contribution < -0.4 is 0 Å². The first-order valence-electron chi connectivity index (χ1n) is 5.21. The van der Waals surface area contributed by atoms with Crippen LogP contribution in [0.3, 0.4) is 0 Å². The molecule has 0 unspecified atom stereocenters. The summed E-state index contributed by atoms with van der Waals surface area (Å²) in [5.74, 6) is -0.540. The van der Waals surface area contributed by atoms with Gasteiger partial charge in [0.1, 0.15) is 11.9 Å². The molecule has 0 amide bonds. The van der Waals surface area contributed by atoms with E-state index in [9.17, 15) is 4.79 Å². The highest BCUT2D eigenvalue weighted by Crippen LogP contribution is 2.20. The molecule has 0 atom stereocenters. The second-order valence-corrected chi connectivity index (χ2v) is 3.96. The fourth-order valence-corrected chi connectivity index (χ4v) is 1.68. The van der Waals surface area contributed by atoms with E-state index in [0.29, 0.717) is 5.56 Å². The molecule has 0 N–H and O–H groups in total. The van der Waals surface area contributed by atoms with Crippen molar-refractivity contribution in [2.45, 2.75) is 6.92 Å². The van der Waals surface area contributed by atoms with Crippen molar-refractivity contribution in [1.82, 2.24) is 0 Å². The van der Waals surface area contributed by atoms with E-state index in [-0.39, 0.29) is 0 Å². The van der Waals surface area contributed by atoms with Crippen molar-refractivity contribution in [3.63, 3.8) is 0 Å². The molecule has 2 aromatic carbocycles. The fourth-order valence-electron chi connectivity index (χ4n) is 1.59. The highest BCUT2D eigenvalue weighted by Gasteiger charge is 2.06. The third kappa shape index (κ3) is 2.66. The van der Waals surface area contributed by atoms with E-state index in [1.807, 2.05) is 31.2 Å². The van der Waals surface area contributed by atoms with E-state index in [2.05, 4.69) is 16.4 Å². The molecular weight excluding hydrogens is 236 g/mol. The van der Waals surface area contributed by atoms with Crippen LogP contribution in [0.15, 0.2) is 48.5 Å². The molecule has 0 aliphatic carbocycles. The van der Waals surface area contributed by atoms with Crippen LogP contribution in [0.4, 0.5) is 0 Å². The van der Waals surface area contributed by atoms with Crippen LogP contribution in [0.25, 0.3) is 11.1 Å². The summed E-state index contributed by atoms with van der Waals surface area (Å²) in [6, 6.07) is 15.3. The van der Waals surface area contributed by atoms with Gasteiger partial charge in [0.25, 0.3) is 0 Å². The number of benzene rings is 2. The molecule has 0 aliphatic rings. The number of carbonyl (C=O) groups excluding carboxylic acids is 1. The molecule has 2 rings (SSSR count). The zero-order chi connectivity index (χ0) is 12.3. The Bertz CT molecular complexity index is 515. The maximum atomic E-state index is 11.2. The number of rotatable bonds is 2. The van der Waals surface area contributed by atoms with Crippen molar-refractivity contribution in [3.05, 3.63) is 59.7 Å². The molecule has 0 aliphatic heterocycles. The molecule has 0 bridgehead atoms. The molecule has 3 heteroatoms. The summed E-state index contributed by atoms with van der Waals surface area (Å²) in [6.07, 6.45) is 0. The second kappa shape index (κ2) is 5.02. The lowest BCUT2D eigenvalue weighted by Gasteiger charge is -2.03. The minimum absolute atomic E-state index is 0.441. The SMILES string of the molecule is Cc1ccc(-c2ccc(C(=O)OCl)cc2)cc1. The summed E-state index contributed by atoms with van der Waals surface area (Å²) in [5.41, 5.74) is 3.82. The van der Waals surface area contributed by atoms with E-state index in [1.54, 1.807) is 12.1 Å². The zero-order valence-corrected chi connectivity index (χ0v) is 10.1. The third-order valence-corrected chi connectivity index (χ3v) is 2.72. The largest absolute Gasteiger partial charge is 0.356 e. The standard InChI is InChI=1S/C14H11ClO2/c1-10-2-4-11(5-3-10)12-6-8-13(9-7-12)14(16)17-15/h2-9H,1H3. The average Bonchev–Trinajstić information content (AvgIpc) is 2.39. The van der Waals surface area contributed by atoms with Crippen LogP contribution in [0.2, 0.25) is 0 Å². The van der Waals surface area contributed by atoms with Crippen molar-refractivity contribution in [3.8, 4) is 11.1 Å². The molecular formula is C14H11ClO2. The second-order valence-electron chi connectivity index (χ2n) is 3.81. The van der Waals surface area contributed by atoms with Crippen molar-refractivity contribution in [2.24, 2.45) is 0 Å². The summed E-state index contributed by atoms with van der Waals surface area (Å²) >= 11 is 5.01. The van der Waals surface area contributed by atoms with Crippen LogP contribution >= 0.6 is 11.9 Å². The maximum absolute atomic E-state index is 11.2. The Hall–Kier alpha value is -1.80. The van der Waals surface area contributed by atoms with E-state index in [0.717, 1.165) is 11.1 Å². The van der Waals surface area contributed by atoms with Gasteiger partial charge in [0.15, 0.2) is 0 Å². The van der Waals surface area contributed by atoms with Crippen LogP contribution in [0.1, 0.15) is 15.9 Å². The first-order valence-corrected chi connectivity index (χ1v) is 5.51. The Morgan fingerprint density at radius 3 is 1.88 bits per heavy atom. The summed E-state index contributed by atoms with van der Waals surface area (Å²) in [7, 11) is 0. The minimum atomic E-state index is -0.540. The molecule has 0 fully saturated rings. The Labute approximate surface area is 105 Å². The maximum Gasteiger partial charge on any atom is 0.356 e. The van der Waals surface area contributed by atoms with Crippen LogP contribution in [0, 0.1) is 6.92 Å². The molecule has 0 saturated heterocycles. The predicted molar refractivity (Wildman–Crippen MR) is 67.9 cm³/mol. The normalized spacial score (nSPS) is 10.0. The summed E-state index contributed by atoms with van der Waals surface area (Å²) in [4.78, 5) is 11.2. The molecule has 0 spiro atoms. The first kappa shape index (κ1) is 11.7. The smallest absolute Gasteiger partial charge is 0.343 e. The van der Waals surface area contributed by atoms with E-state index >= 15 is 0 Å². The van der Waals surface area contributed by atoms with Gasteiger partial charge in [0.05, 0.1) is 5.56 Å². The molecule has 0 radical (unpaired) electrons. The van der Waals surface area contributed by atoms with Crippen molar-refractivity contribution >= 4 is 17.8 Å². The van der Waals surface area contributed by atoms with Gasteiger partial charge in [-0.25, -0.2) is 4.79 Å². The van der Waals surface area contributed by atoms with Gasteiger partial charge in [0, 0.05) is 0 Å². The van der Waals surface area contributed by atoms with Gasteiger partial charge in [-0.2, -0.15) is 0 Å². The van der Waals surface area contributed by atoms with Gasteiger partial charge in [-0.1, -0.05) is 42.0 Å². The van der Waals surface area contributed by atoms with Crippen molar-refractivity contribution in [1.29, 1.82) is 0 Å². The molecule has 2 nitrogen and oxygen atoms in total. The van der Waals surface area contributed by atoms with Gasteiger partial charge >= 0.3 is 5.97 Å². The van der Waals surface area contributed by atoms with Gasteiger partial charge in [-0.05, 0) is 30.2 Å². The monoisotopic (exact) mass is 246 g/mol. The molecule has 0 saturated carbocycles. The summed E-state index contributed by atoms with van der Waals surface area (Å²) < 4.78 is 4.13. The van der Waals surface area contributed by atoms with E-state index in [4.69, 9.17) is 11.9 Å². The predicted octanol–water partition coefficient (Wildman–Crippen LogP) is 3.97. The number of carbonyl (C=O) groups is 1. The summed E-state index contributed by atoms with van der Waals surface area (Å²) in [5, 5.41) is 0. The lowest BCUT2D eigenvalue weighted by molar-refractivity contribution is 0.0751. The number of aryl methyl sites for hydroxylation is 1. The number of hydrogen-bond donors (Lipinski definition) is 0.